The minimum Gasteiger partial charge on any atom is -0.314 e. The van der Waals surface area contributed by atoms with Crippen molar-refractivity contribution in [1.82, 2.24) is 19.6 Å². The summed E-state index contributed by atoms with van der Waals surface area (Å²) in [7, 11) is 0. The fraction of sp³-hybridized carbons (Fsp3) is 0. The SMILES string of the molecule is O=C(Nc1c(-c2ccccc2)[nH][nH]c1=O)c1cccc2nccn12. The maximum Gasteiger partial charge on any atom is 0.288 e. The van der Waals surface area contributed by atoms with Crippen molar-refractivity contribution in [3.8, 4) is 11.3 Å². The van der Waals surface area contributed by atoms with E-state index < -0.39 is 0 Å². The van der Waals surface area contributed by atoms with Gasteiger partial charge in [0.05, 0.1) is 5.69 Å². The van der Waals surface area contributed by atoms with Gasteiger partial charge in [0.15, 0.2) is 0 Å². The van der Waals surface area contributed by atoms with E-state index in [2.05, 4.69) is 20.5 Å². The first-order valence-corrected chi connectivity index (χ1v) is 7.33. The number of anilines is 1. The first kappa shape index (κ1) is 14.0. The average Bonchev–Trinajstić information content (AvgIpc) is 3.23. The molecule has 4 aromatic rings. The summed E-state index contributed by atoms with van der Waals surface area (Å²) < 4.78 is 1.67. The van der Waals surface area contributed by atoms with Crippen LogP contribution in [0.3, 0.4) is 0 Å². The van der Waals surface area contributed by atoms with Gasteiger partial charge in [-0.15, -0.1) is 0 Å². The van der Waals surface area contributed by atoms with Crippen molar-refractivity contribution in [2.45, 2.75) is 0 Å². The molecule has 24 heavy (non-hydrogen) atoms. The molecule has 1 aromatic carbocycles. The van der Waals surface area contributed by atoms with E-state index in [1.165, 1.54) is 0 Å². The number of fused-ring (bicyclic) bond motifs is 1. The Kier molecular flexibility index (Phi) is 3.24. The Morgan fingerprint density at radius 2 is 1.88 bits per heavy atom. The normalized spacial score (nSPS) is 10.8. The molecule has 0 saturated heterocycles. The van der Waals surface area contributed by atoms with Crippen LogP contribution in [0.5, 0.6) is 0 Å². The fourth-order valence-corrected chi connectivity index (χ4v) is 2.61. The van der Waals surface area contributed by atoms with E-state index in [1.807, 2.05) is 30.3 Å². The summed E-state index contributed by atoms with van der Waals surface area (Å²) >= 11 is 0. The van der Waals surface area contributed by atoms with E-state index in [4.69, 9.17) is 0 Å². The zero-order chi connectivity index (χ0) is 16.5. The second-order valence-corrected chi connectivity index (χ2v) is 5.22. The molecule has 0 bridgehead atoms. The number of rotatable bonds is 3. The second kappa shape index (κ2) is 5.54. The van der Waals surface area contributed by atoms with Gasteiger partial charge in [0.2, 0.25) is 0 Å². The smallest absolute Gasteiger partial charge is 0.288 e. The monoisotopic (exact) mass is 319 g/mol. The van der Waals surface area contributed by atoms with Crippen LogP contribution in [0.25, 0.3) is 16.9 Å². The predicted molar refractivity (Wildman–Crippen MR) is 90.0 cm³/mol. The van der Waals surface area contributed by atoms with Gasteiger partial charge in [-0.1, -0.05) is 36.4 Å². The van der Waals surface area contributed by atoms with Gasteiger partial charge >= 0.3 is 0 Å². The van der Waals surface area contributed by atoms with Crippen LogP contribution in [-0.2, 0) is 0 Å². The molecule has 3 heterocycles. The van der Waals surface area contributed by atoms with Crippen molar-refractivity contribution in [3.05, 3.63) is 77.0 Å². The summed E-state index contributed by atoms with van der Waals surface area (Å²) in [4.78, 5) is 28.9. The molecule has 0 unspecified atom stereocenters. The molecular weight excluding hydrogens is 306 g/mol. The molecule has 3 aromatic heterocycles. The van der Waals surface area contributed by atoms with Crippen LogP contribution in [0.2, 0.25) is 0 Å². The average molecular weight is 319 g/mol. The van der Waals surface area contributed by atoms with Crippen molar-refractivity contribution in [3.63, 3.8) is 0 Å². The lowest BCUT2D eigenvalue weighted by molar-refractivity contribution is 0.102. The third-order valence-corrected chi connectivity index (χ3v) is 3.74. The number of H-pyrrole nitrogens is 2. The molecular formula is C17H13N5O2. The van der Waals surface area contributed by atoms with Gasteiger partial charge < -0.3 is 5.32 Å². The van der Waals surface area contributed by atoms with Gasteiger partial charge in [-0.05, 0) is 12.1 Å². The Morgan fingerprint density at radius 3 is 2.71 bits per heavy atom. The zero-order valence-corrected chi connectivity index (χ0v) is 12.5. The van der Waals surface area contributed by atoms with Crippen molar-refractivity contribution in [1.29, 1.82) is 0 Å². The van der Waals surface area contributed by atoms with Crippen molar-refractivity contribution in [2.24, 2.45) is 0 Å². The number of aromatic nitrogens is 4. The van der Waals surface area contributed by atoms with E-state index in [9.17, 15) is 9.59 Å². The maximum absolute atomic E-state index is 12.6. The zero-order valence-electron chi connectivity index (χ0n) is 12.5. The number of benzene rings is 1. The molecule has 1 amide bonds. The highest BCUT2D eigenvalue weighted by atomic mass is 16.2. The fourth-order valence-electron chi connectivity index (χ4n) is 2.61. The summed E-state index contributed by atoms with van der Waals surface area (Å²) in [5.41, 5.74) is 2.18. The summed E-state index contributed by atoms with van der Waals surface area (Å²) in [5, 5.41) is 8.01. The van der Waals surface area contributed by atoms with E-state index in [0.29, 0.717) is 17.0 Å². The third-order valence-electron chi connectivity index (χ3n) is 3.74. The van der Waals surface area contributed by atoms with Crippen LogP contribution >= 0.6 is 0 Å². The molecule has 0 aliphatic rings. The standard InChI is InChI=1S/C17H13N5O2/c23-16(12-7-4-8-13-18-9-10-22(12)13)19-15-14(20-21-17(15)24)11-5-2-1-3-6-11/h1-10H,(H,19,23)(H2,20,21,24). The first-order valence-electron chi connectivity index (χ1n) is 7.33. The molecule has 7 heteroatoms. The van der Waals surface area contributed by atoms with E-state index in [-0.39, 0.29) is 17.2 Å². The van der Waals surface area contributed by atoms with Crippen LogP contribution in [0.1, 0.15) is 10.5 Å². The number of pyridine rings is 1. The number of carbonyl (C=O) groups is 1. The minimum atomic E-state index is -0.389. The Balaban J connectivity index is 1.74. The van der Waals surface area contributed by atoms with E-state index in [0.717, 1.165) is 5.56 Å². The number of imidazole rings is 1. The number of aromatic amines is 2. The van der Waals surface area contributed by atoms with Gasteiger partial charge in [-0.25, -0.2) is 4.98 Å². The highest BCUT2D eigenvalue weighted by Crippen LogP contribution is 2.22. The van der Waals surface area contributed by atoms with Gasteiger partial charge in [-0.3, -0.25) is 24.2 Å². The van der Waals surface area contributed by atoms with Crippen molar-refractivity contribution in [2.75, 3.05) is 5.32 Å². The number of nitrogens with zero attached hydrogens (tertiary/aromatic N) is 2. The summed E-state index contributed by atoms with van der Waals surface area (Å²) in [6.45, 7) is 0. The van der Waals surface area contributed by atoms with E-state index in [1.54, 1.807) is 35.0 Å². The van der Waals surface area contributed by atoms with E-state index >= 15 is 0 Å². The Labute approximate surface area is 136 Å². The number of carbonyl (C=O) groups excluding carboxylic acids is 1. The second-order valence-electron chi connectivity index (χ2n) is 5.22. The van der Waals surface area contributed by atoms with Gasteiger partial charge in [0.1, 0.15) is 17.0 Å². The maximum atomic E-state index is 12.6. The van der Waals surface area contributed by atoms with Crippen LogP contribution in [-0.4, -0.2) is 25.5 Å². The molecule has 3 N–H and O–H groups in total. The molecule has 0 spiro atoms. The lowest BCUT2D eigenvalue weighted by atomic mass is 10.1. The van der Waals surface area contributed by atoms with Crippen LogP contribution < -0.4 is 10.9 Å². The lowest BCUT2D eigenvalue weighted by Crippen LogP contribution is -2.19. The molecule has 0 fully saturated rings. The van der Waals surface area contributed by atoms with Crippen molar-refractivity contribution < 1.29 is 4.79 Å². The number of hydrogen-bond donors (Lipinski definition) is 3. The Bertz CT molecular complexity index is 1080. The highest BCUT2D eigenvalue weighted by Gasteiger charge is 2.17. The molecule has 7 nitrogen and oxygen atoms in total. The number of amides is 1. The third kappa shape index (κ3) is 2.28. The summed E-state index contributed by atoms with van der Waals surface area (Å²) in [6, 6.07) is 14.5. The first-order chi connectivity index (χ1) is 11.7. The quantitative estimate of drug-likeness (QED) is 0.540. The summed E-state index contributed by atoms with van der Waals surface area (Å²) in [5.74, 6) is -0.388. The van der Waals surface area contributed by atoms with Gasteiger partial charge in [0.25, 0.3) is 11.5 Å². The molecule has 0 aliphatic carbocycles. The van der Waals surface area contributed by atoms with Gasteiger partial charge in [0, 0.05) is 18.0 Å². The topological polar surface area (TPSA) is 95.0 Å². The highest BCUT2D eigenvalue weighted by molar-refractivity contribution is 6.05. The van der Waals surface area contributed by atoms with Crippen LogP contribution in [0.15, 0.2) is 65.7 Å². The Hall–Kier alpha value is -3.61. The van der Waals surface area contributed by atoms with Crippen LogP contribution in [0, 0.1) is 0 Å². The molecule has 4 rings (SSSR count). The molecule has 0 atom stereocenters. The Morgan fingerprint density at radius 1 is 1.04 bits per heavy atom. The minimum absolute atomic E-state index is 0.184. The largest absolute Gasteiger partial charge is 0.314 e. The molecule has 0 aliphatic heterocycles. The van der Waals surface area contributed by atoms with Crippen molar-refractivity contribution >= 4 is 17.2 Å². The van der Waals surface area contributed by atoms with Crippen LogP contribution in [0.4, 0.5) is 5.69 Å². The molecule has 0 radical (unpaired) electrons. The molecule has 0 saturated carbocycles. The molecule has 118 valence electrons. The predicted octanol–water partition coefficient (Wildman–Crippen LogP) is 2.27. The van der Waals surface area contributed by atoms with Gasteiger partial charge in [-0.2, -0.15) is 0 Å². The summed E-state index contributed by atoms with van der Waals surface area (Å²) in [6.07, 6.45) is 3.31. The number of hydrogen-bond acceptors (Lipinski definition) is 3. The number of nitrogens with one attached hydrogen (secondary N) is 3. The lowest BCUT2D eigenvalue weighted by Gasteiger charge is -2.07.